The smallest absolute Gasteiger partial charge is 0.240 e. The summed E-state index contributed by atoms with van der Waals surface area (Å²) in [5, 5.41) is 9.13. The lowest BCUT2D eigenvalue weighted by Crippen LogP contribution is -2.33. The molecular formula is C23H22N4O2S. The molecule has 1 amide bonds. The molecule has 0 radical (unpaired) electrons. The molecule has 0 bridgehead atoms. The number of carbonyl (C=O) groups excluding carboxylic acids is 1. The molecule has 2 heterocycles. The molecule has 0 aliphatic carbocycles. The molecule has 152 valence electrons. The predicted molar refractivity (Wildman–Crippen MR) is 119 cm³/mol. The van der Waals surface area contributed by atoms with Crippen molar-refractivity contribution in [2.45, 2.75) is 24.3 Å². The van der Waals surface area contributed by atoms with Gasteiger partial charge in [-0.3, -0.25) is 9.36 Å². The Morgan fingerprint density at radius 2 is 1.70 bits per heavy atom. The molecule has 7 heteroatoms. The summed E-state index contributed by atoms with van der Waals surface area (Å²) < 4.78 is 7.44. The molecular weight excluding hydrogens is 396 g/mol. The van der Waals surface area contributed by atoms with Gasteiger partial charge in [0.1, 0.15) is 5.76 Å². The van der Waals surface area contributed by atoms with Crippen LogP contribution in [-0.4, -0.2) is 33.0 Å². The van der Waals surface area contributed by atoms with Crippen LogP contribution in [-0.2, 0) is 4.79 Å². The number of furan rings is 1. The Morgan fingerprint density at radius 1 is 1.03 bits per heavy atom. The van der Waals surface area contributed by atoms with Gasteiger partial charge in [0.15, 0.2) is 11.0 Å². The van der Waals surface area contributed by atoms with Crippen molar-refractivity contribution >= 4 is 23.4 Å². The van der Waals surface area contributed by atoms with Gasteiger partial charge in [0.05, 0.1) is 17.1 Å². The number of benzene rings is 2. The number of thioether (sulfide) groups is 1. The van der Waals surface area contributed by atoms with Gasteiger partial charge >= 0.3 is 0 Å². The highest BCUT2D eigenvalue weighted by Crippen LogP contribution is 2.32. The van der Waals surface area contributed by atoms with Gasteiger partial charge in [0.25, 0.3) is 0 Å². The molecule has 4 aromatic rings. The summed E-state index contributed by atoms with van der Waals surface area (Å²) in [4.78, 5) is 14.7. The van der Waals surface area contributed by atoms with Crippen LogP contribution in [0.2, 0.25) is 0 Å². The van der Waals surface area contributed by atoms with Crippen molar-refractivity contribution in [3.05, 3.63) is 78.8 Å². The molecule has 2 aromatic heterocycles. The Kier molecular flexibility index (Phi) is 5.72. The average Bonchev–Trinajstić information content (AvgIpc) is 3.39. The summed E-state index contributed by atoms with van der Waals surface area (Å²) in [5.41, 5.74) is 2.66. The molecule has 0 aliphatic heterocycles. The van der Waals surface area contributed by atoms with Crippen molar-refractivity contribution in [2.75, 3.05) is 11.9 Å². The van der Waals surface area contributed by atoms with Crippen LogP contribution < -0.4 is 4.90 Å². The SMILES string of the molecule is Cc1occc1-c1nnc(SC(C)C(=O)N(C)c2ccccc2)n1-c1ccccc1. The number of nitrogens with zero attached hydrogens (tertiary/aromatic N) is 4. The number of carbonyl (C=O) groups is 1. The van der Waals surface area contributed by atoms with E-state index in [9.17, 15) is 4.79 Å². The normalized spacial score (nSPS) is 12.0. The highest BCUT2D eigenvalue weighted by molar-refractivity contribution is 8.00. The summed E-state index contributed by atoms with van der Waals surface area (Å²) in [6.45, 7) is 3.78. The van der Waals surface area contributed by atoms with Gasteiger partial charge in [-0.1, -0.05) is 48.2 Å². The van der Waals surface area contributed by atoms with E-state index in [0.29, 0.717) is 11.0 Å². The standard InChI is InChI=1S/C23H22N4O2S/c1-16-20(14-15-29-16)21-24-25-23(27(21)19-12-8-5-9-13-19)30-17(2)22(28)26(3)18-10-6-4-7-11-18/h4-15,17H,1-3H3. The van der Waals surface area contributed by atoms with E-state index in [-0.39, 0.29) is 11.2 Å². The predicted octanol–water partition coefficient (Wildman–Crippen LogP) is 4.98. The monoisotopic (exact) mass is 418 g/mol. The Balaban J connectivity index is 1.67. The van der Waals surface area contributed by atoms with E-state index in [1.807, 2.05) is 85.1 Å². The van der Waals surface area contributed by atoms with E-state index >= 15 is 0 Å². The Morgan fingerprint density at radius 3 is 2.33 bits per heavy atom. The molecule has 0 fully saturated rings. The average molecular weight is 419 g/mol. The minimum atomic E-state index is -0.347. The molecule has 0 aliphatic rings. The van der Waals surface area contributed by atoms with Gasteiger partial charge in [-0.15, -0.1) is 10.2 Å². The first kappa shape index (κ1) is 20.0. The second-order valence-electron chi connectivity index (χ2n) is 6.86. The first-order chi connectivity index (χ1) is 14.6. The van der Waals surface area contributed by atoms with Gasteiger partial charge in [0, 0.05) is 18.4 Å². The minimum absolute atomic E-state index is 0.00477. The summed E-state index contributed by atoms with van der Waals surface area (Å²) in [7, 11) is 1.79. The number of hydrogen-bond acceptors (Lipinski definition) is 5. The Bertz CT molecular complexity index is 1140. The molecule has 2 aromatic carbocycles. The number of para-hydroxylation sites is 2. The highest BCUT2D eigenvalue weighted by Gasteiger charge is 2.25. The van der Waals surface area contributed by atoms with Crippen LogP contribution in [0.5, 0.6) is 0 Å². The van der Waals surface area contributed by atoms with E-state index in [1.165, 1.54) is 11.8 Å². The summed E-state index contributed by atoms with van der Waals surface area (Å²) in [6, 6.07) is 21.4. The maximum absolute atomic E-state index is 13.0. The lowest BCUT2D eigenvalue weighted by atomic mass is 10.2. The Labute approximate surface area is 179 Å². The van der Waals surface area contributed by atoms with Gasteiger partial charge in [0.2, 0.25) is 5.91 Å². The van der Waals surface area contributed by atoms with Crippen molar-refractivity contribution in [1.82, 2.24) is 14.8 Å². The van der Waals surface area contributed by atoms with Gasteiger partial charge in [-0.25, -0.2) is 0 Å². The van der Waals surface area contributed by atoms with Crippen molar-refractivity contribution in [3.8, 4) is 17.1 Å². The fourth-order valence-electron chi connectivity index (χ4n) is 3.21. The summed E-state index contributed by atoms with van der Waals surface area (Å²) in [5.74, 6) is 1.45. The van der Waals surface area contributed by atoms with Crippen LogP contribution in [0.4, 0.5) is 5.69 Å². The lowest BCUT2D eigenvalue weighted by molar-refractivity contribution is -0.117. The lowest BCUT2D eigenvalue weighted by Gasteiger charge is -2.21. The van der Waals surface area contributed by atoms with Crippen LogP contribution in [0.25, 0.3) is 17.1 Å². The number of amides is 1. The first-order valence-electron chi connectivity index (χ1n) is 9.61. The maximum Gasteiger partial charge on any atom is 0.240 e. The third-order valence-corrected chi connectivity index (χ3v) is 5.88. The van der Waals surface area contributed by atoms with E-state index in [0.717, 1.165) is 22.7 Å². The van der Waals surface area contributed by atoms with Crippen LogP contribution in [0.1, 0.15) is 12.7 Å². The number of hydrogen-bond donors (Lipinski definition) is 0. The van der Waals surface area contributed by atoms with Gasteiger partial charge in [-0.05, 0) is 44.2 Å². The quantitative estimate of drug-likeness (QED) is 0.413. The van der Waals surface area contributed by atoms with E-state index in [4.69, 9.17) is 4.42 Å². The molecule has 0 spiro atoms. The van der Waals surface area contributed by atoms with E-state index in [2.05, 4.69) is 10.2 Å². The maximum atomic E-state index is 13.0. The van der Waals surface area contributed by atoms with E-state index < -0.39 is 0 Å². The molecule has 4 rings (SSSR count). The minimum Gasteiger partial charge on any atom is -0.469 e. The number of aromatic nitrogens is 3. The molecule has 30 heavy (non-hydrogen) atoms. The third kappa shape index (κ3) is 3.89. The zero-order chi connectivity index (χ0) is 21.1. The van der Waals surface area contributed by atoms with Crippen molar-refractivity contribution in [2.24, 2.45) is 0 Å². The van der Waals surface area contributed by atoms with Crippen molar-refractivity contribution < 1.29 is 9.21 Å². The zero-order valence-electron chi connectivity index (χ0n) is 17.0. The van der Waals surface area contributed by atoms with Gasteiger partial charge < -0.3 is 9.32 Å². The topological polar surface area (TPSA) is 64.2 Å². The number of aryl methyl sites for hydroxylation is 1. The van der Waals surface area contributed by atoms with Crippen LogP contribution in [0.3, 0.4) is 0 Å². The number of anilines is 1. The summed E-state index contributed by atoms with van der Waals surface area (Å²) >= 11 is 1.39. The molecule has 0 saturated heterocycles. The molecule has 0 N–H and O–H groups in total. The van der Waals surface area contributed by atoms with Crippen LogP contribution in [0, 0.1) is 6.92 Å². The molecule has 0 saturated carbocycles. The van der Waals surface area contributed by atoms with Crippen LogP contribution in [0.15, 0.2) is 82.6 Å². The molecule has 6 nitrogen and oxygen atoms in total. The van der Waals surface area contributed by atoms with Crippen molar-refractivity contribution in [1.29, 1.82) is 0 Å². The molecule has 1 atom stereocenters. The summed E-state index contributed by atoms with van der Waals surface area (Å²) in [6.07, 6.45) is 1.64. The van der Waals surface area contributed by atoms with E-state index in [1.54, 1.807) is 18.2 Å². The van der Waals surface area contributed by atoms with Crippen LogP contribution >= 0.6 is 11.8 Å². The molecule has 1 unspecified atom stereocenters. The largest absolute Gasteiger partial charge is 0.469 e. The fraction of sp³-hybridized carbons (Fsp3) is 0.174. The van der Waals surface area contributed by atoms with Crippen molar-refractivity contribution in [3.63, 3.8) is 0 Å². The van der Waals surface area contributed by atoms with Gasteiger partial charge in [-0.2, -0.15) is 0 Å². The first-order valence-corrected chi connectivity index (χ1v) is 10.5. The zero-order valence-corrected chi connectivity index (χ0v) is 17.8. The second-order valence-corrected chi connectivity index (χ2v) is 8.17. The Hall–Kier alpha value is -3.32. The second kappa shape index (κ2) is 8.59. The number of rotatable bonds is 6. The third-order valence-electron chi connectivity index (χ3n) is 4.85. The fourth-order valence-corrected chi connectivity index (χ4v) is 4.17. The highest BCUT2D eigenvalue weighted by atomic mass is 32.2.